The smallest absolute Gasteiger partial charge is 0.416 e. The van der Waals surface area contributed by atoms with E-state index in [4.69, 9.17) is 4.74 Å². The van der Waals surface area contributed by atoms with Gasteiger partial charge in [-0.2, -0.15) is 13.2 Å². The van der Waals surface area contributed by atoms with E-state index >= 15 is 4.39 Å². The van der Waals surface area contributed by atoms with E-state index in [1.807, 2.05) is 0 Å². The summed E-state index contributed by atoms with van der Waals surface area (Å²) in [6, 6.07) is 3.88. The van der Waals surface area contributed by atoms with Crippen molar-refractivity contribution in [3.63, 3.8) is 0 Å². The molecule has 202 valence electrons. The Bertz CT molecular complexity index is 1440. The molecule has 5 atom stereocenters. The molecule has 2 fully saturated rings. The minimum Gasteiger partial charge on any atom is -0.490 e. The summed E-state index contributed by atoms with van der Waals surface area (Å²) in [6.45, 7) is 1.35. The molecule has 13 heteroatoms. The molecule has 0 radical (unpaired) electrons. The molecule has 2 aliphatic heterocycles. The van der Waals surface area contributed by atoms with Gasteiger partial charge in [0.2, 0.25) is 10.0 Å². The summed E-state index contributed by atoms with van der Waals surface area (Å²) in [5, 5.41) is -0.822. The van der Waals surface area contributed by atoms with Crippen molar-refractivity contribution in [3.8, 4) is 5.75 Å². The molecule has 0 aromatic heterocycles. The summed E-state index contributed by atoms with van der Waals surface area (Å²) in [7, 11) is -8.30. The molecule has 5 rings (SSSR count). The third-order valence-electron chi connectivity index (χ3n) is 8.06. The molecule has 1 aliphatic carbocycles. The number of benzene rings is 2. The molecular formula is C24H24F5NO5S2. The second-order valence-electron chi connectivity index (χ2n) is 9.80. The van der Waals surface area contributed by atoms with Crippen molar-refractivity contribution in [3.05, 3.63) is 59.2 Å². The SMILES string of the molecule is CC[C@H]1C[C@H]2[C@H](CC[C@]3(S(=O)(=O)c4ccc(C(F)(F)F)cc4)c4c(F)ccc(F)c4OC[C@H]23)NS1(=O)=O. The van der Waals surface area contributed by atoms with Crippen LogP contribution in [0, 0.1) is 23.5 Å². The van der Waals surface area contributed by atoms with Crippen LogP contribution in [0.2, 0.25) is 0 Å². The summed E-state index contributed by atoms with van der Waals surface area (Å²) < 4.78 is 130. The van der Waals surface area contributed by atoms with Crippen molar-refractivity contribution >= 4 is 19.9 Å². The molecule has 3 aliphatic rings. The van der Waals surface area contributed by atoms with Crippen LogP contribution in [-0.2, 0) is 30.8 Å². The normalized spacial score (nSPS) is 31.0. The predicted molar refractivity (Wildman–Crippen MR) is 123 cm³/mol. The number of sulfone groups is 1. The number of hydrogen-bond donors (Lipinski definition) is 1. The molecule has 1 saturated heterocycles. The van der Waals surface area contributed by atoms with Gasteiger partial charge in [-0.15, -0.1) is 0 Å². The summed E-state index contributed by atoms with van der Waals surface area (Å²) in [5.41, 5.74) is -1.55. The van der Waals surface area contributed by atoms with Crippen LogP contribution in [0.3, 0.4) is 0 Å². The first kappa shape index (κ1) is 26.4. The molecule has 1 N–H and O–H groups in total. The van der Waals surface area contributed by atoms with E-state index in [1.165, 1.54) is 0 Å². The maximum absolute atomic E-state index is 15.5. The van der Waals surface area contributed by atoms with Gasteiger partial charge in [0.05, 0.1) is 27.9 Å². The van der Waals surface area contributed by atoms with Gasteiger partial charge in [0, 0.05) is 12.0 Å². The third-order valence-corrected chi connectivity index (χ3v) is 12.7. The van der Waals surface area contributed by atoms with Crippen LogP contribution in [0.15, 0.2) is 41.3 Å². The fourth-order valence-electron chi connectivity index (χ4n) is 6.31. The first-order valence-corrected chi connectivity index (χ1v) is 14.8. The van der Waals surface area contributed by atoms with E-state index < -0.39 is 87.3 Å². The van der Waals surface area contributed by atoms with Crippen molar-refractivity contribution in [2.45, 2.75) is 59.7 Å². The first-order valence-electron chi connectivity index (χ1n) is 11.8. The Hall–Kier alpha value is -2.25. The van der Waals surface area contributed by atoms with Gasteiger partial charge in [0.25, 0.3) is 0 Å². The van der Waals surface area contributed by atoms with Crippen molar-refractivity contribution in [1.82, 2.24) is 4.72 Å². The van der Waals surface area contributed by atoms with Crippen LogP contribution in [0.1, 0.15) is 43.7 Å². The van der Waals surface area contributed by atoms with Crippen LogP contribution < -0.4 is 9.46 Å². The highest BCUT2D eigenvalue weighted by Crippen LogP contribution is 2.59. The minimum atomic E-state index is -4.70. The molecular weight excluding hydrogens is 541 g/mol. The lowest BCUT2D eigenvalue weighted by molar-refractivity contribution is -0.137. The number of alkyl halides is 3. The molecule has 2 heterocycles. The van der Waals surface area contributed by atoms with Gasteiger partial charge >= 0.3 is 6.18 Å². The zero-order valence-corrected chi connectivity index (χ0v) is 21.2. The van der Waals surface area contributed by atoms with Crippen LogP contribution in [-0.4, -0.2) is 34.7 Å². The van der Waals surface area contributed by atoms with E-state index in [2.05, 4.69) is 4.72 Å². The van der Waals surface area contributed by atoms with Gasteiger partial charge < -0.3 is 4.74 Å². The Labute approximate surface area is 211 Å². The van der Waals surface area contributed by atoms with Crippen LogP contribution in [0.4, 0.5) is 22.0 Å². The maximum Gasteiger partial charge on any atom is 0.416 e. The maximum atomic E-state index is 15.5. The summed E-state index contributed by atoms with van der Waals surface area (Å²) in [5.74, 6) is -4.11. The molecule has 0 spiro atoms. The molecule has 2 aromatic rings. The molecule has 0 unspecified atom stereocenters. The quantitative estimate of drug-likeness (QED) is 0.552. The van der Waals surface area contributed by atoms with E-state index in [0.717, 1.165) is 24.3 Å². The monoisotopic (exact) mass is 565 g/mol. The number of rotatable bonds is 3. The van der Waals surface area contributed by atoms with Crippen LogP contribution in [0.5, 0.6) is 5.75 Å². The number of sulfonamides is 1. The average molecular weight is 566 g/mol. The molecule has 0 bridgehead atoms. The van der Waals surface area contributed by atoms with Crippen molar-refractivity contribution < 1.29 is 43.5 Å². The van der Waals surface area contributed by atoms with Crippen molar-refractivity contribution in [1.29, 1.82) is 0 Å². The Balaban J connectivity index is 1.72. The second kappa shape index (κ2) is 8.63. The van der Waals surface area contributed by atoms with Crippen molar-refractivity contribution in [2.24, 2.45) is 11.8 Å². The predicted octanol–water partition coefficient (Wildman–Crippen LogP) is 4.54. The summed E-state index contributed by atoms with van der Waals surface area (Å²) in [4.78, 5) is -0.469. The van der Waals surface area contributed by atoms with Gasteiger partial charge in [-0.25, -0.2) is 30.3 Å². The van der Waals surface area contributed by atoms with Crippen LogP contribution >= 0.6 is 0 Å². The van der Waals surface area contributed by atoms with E-state index in [0.29, 0.717) is 12.1 Å². The van der Waals surface area contributed by atoms with Crippen molar-refractivity contribution in [2.75, 3.05) is 6.61 Å². The molecule has 1 saturated carbocycles. The average Bonchev–Trinajstić information content (AvgIpc) is 2.84. The lowest BCUT2D eigenvalue weighted by Crippen LogP contribution is -2.63. The second-order valence-corrected chi connectivity index (χ2v) is 14.0. The van der Waals surface area contributed by atoms with Gasteiger partial charge in [-0.05, 0) is 68.0 Å². The van der Waals surface area contributed by atoms with Gasteiger partial charge in [-0.1, -0.05) is 6.92 Å². The fraction of sp³-hybridized carbons (Fsp3) is 0.500. The zero-order chi connectivity index (χ0) is 27.0. The highest BCUT2D eigenvalue weighted by molar-refractivity contribution is 7.92. The topological polar surface area (TPSA) is 89.5 Å². The molecule has 37 heavy (non-hydrogen) atoms. The number of fused-ring (bicyclic) bond motifs is 5. The minimum absolute atomic E-state index is 0.00604. The Morgan fingerprint density at radius 1 is 1.08 bits per heavy atom. The standard InChI is InChI=1S/C24H24F5NO5S2/c1-2-14-11-16-17-12-35-22-19(26)8-7-18(25)21(22)23(17,10-9-20(16)30-37(14,33)34)36(31,32)15-5-3-13(4-6-15)24(27,28)29/h3-8,14,16-17,20,30H,2,9-12H2,1H3/t14-,16+,17+,20-,23+/m0/s1. The van der Waals surface area contributed by atoms with Gasteiger partial charge in [-0.3, -0.25) is 0 Å². The first-order chi connectivity index (χ1) is 17.2. The number of halogens is 5. The van der Waals surface area contributed by atoms with E-state index in [9.17, 15) is 34.4 Å². The van der Waals surface area contributed by atoms with Gasteiger partial charge in [0.15, 0.2) is 21.4 Å². The van der Waals surface area contributed by atoms with E-state index in [-0.39, 0.29) is 32.3 Å². The Kier molecular flexibility index (Phi) is 6.15. The molecule has 6 nitrogen and oxygen atoms in total. The molecule has 0 amide bonds. The largest absolute Gasteiger partial charge is 0.490 e. The summed E-state index contributed by atoms with van der Waals surface area (Å²) in [6.07, 6.45) is -4.63. The molecule has 2 aromatic carbocycles. The number of hydrogen-bond acceptors (Lipinski definition) is 5. The summed E-state index contributed by atoms with van der Waals surface area (Å²) >= 11 is 0. The third kappa shape index (κ3) is 3.87. The Morgan fingerprint density at radius 3 is 2.35 bits per heavy atom. The van der Waals surface area contributed by atoms with Crippen LogP contribution in [0.25, 0.3) is 0 Å². The number of ether oxygens (including phenoxy) is 1. The lowest BCUT2D eigenvalue weighted by Gasteiger charge is -2.54. The van der Waals surface area contributed by atoms with E-state index in [1.54, 1.807) is 6.92 Å². The Morgan fingerprint density at radius 2 is 1.73 bits per heavy atom. The zero-order valence-electron chi connectivity index (χ0n) is 19.6. The van der Waals surface area contributed by atoms with Gasteiger partial charge in [0.1, 0.15) is 10.6 Å². The lowest BCUT2D eigenvalue weighted by atomic mass is 9.64. The highest BCUT2D eigenvalue weighted by Gasteiger charge is 2.64. The number of nitrogens with one attached hydrogen (secondary N) is 1. The fourth-order valence-corrected chi connectivity index (χ4v) is 10.5. The highest BCUT2D eigenvalue weighted by atomic mass is 32.2.